The van der Waals surface area contributed by atoms with Crippen molar-refractivity contribution in [3.63, 3.8) is 0 Å². The maximum atomic E-state index is 12.8. The van der Waals surface area contributed by atoms with Crippen LogP contribution in [0.3, 0.4) is 0 Å². The Morgan fingerprint density at radius 1 is 1.15 bits per heavy atom. The van der Waals surface area contributed by atoms with Crippen molar-refractivity contribution < 1.29 is 9.59 Å². The highest BCUT2D eigenvalue weighted by Crippen LogP contribution is 2.30. The van der Waals surface area contributed by atoms with E-state index >= 15 is 0 Å². The number of hydrogen-bond acceptors (Lipinski definition) is 2. The Bertz CT molecular complexity index is 842. The van der Waals surface area contributed by atoms with Gasteiger partial charge in [-0.3, -0.25) is 9.59 Å². The number of anilines is 2. The normalized spacial score (nSPS) is 17.0. The molecule has 1 aliphatic rings. The molecule has 136 valence electrons. The standard InChI is InChI=1S/C22H26N2O2/c1-14(2)18-7-5-6-8-19(18)23-22(26)17-12-21(25)24(13-17)20-11-15(3)9-10-16(20)4/h5-11,14,17H,12-13H2,1-4H3,(H,23,26). The van der Waals surface area contributed by atoms with Crippen molar-refractivity contribution in [3.8, 4) is 0 Å². The molecule has 1 unspecified atom stereocenters. The summed E-state index contributed by atoms with van der Waals surface area (Å²) in [5.41, 5.74) is 5.02. The summed E-state index contributed by atoms with van der Waals surface area (Å²) in [4.78, 5) is 27.1. The van der Waals surface area contributed by atoms with Gasteiger partial charge in [0, 0.05) is 24.3 Å². The van der Waals surface area contributed by atoms with Gasteiger partial charge < -0.3 is 10.2 Å². The van der Waals surface area contributed by atoms with Crippen molar-refractivity contribution in [2.75, 3.05) is 16.8 Å². The Morgan fingerprint density at radius 3 is 2.62 bits per heavy atom. The van der Waals surface area contributed by atoms with Gasteiger partial charge in [0.05, 0.1) is 5.92 Å². The molecule has 4 nitrogen and oxygen atoms in total. The lowest BCUT2D eigenvalue weighted by molar-refractivity contribution is -0.122. The van der Waals surface area contributed by atoms with Gasteiger partial charge in [0.1, 0.15) is 0 Å². The number of nitrogens with one attached hydrogen (secondary N) is 1. The van der Waals surface area contributed by atoms with E-state index in [1.807, 2.05) is 56.3 Å². The molecule has 1 fully saturated rings. The van der Waals surface area contributed by atoms with E-state index in [2.05, 4.69) is 19.2 Å². The highest BCUT2D eigenvalue weighted by Gasteiger charge is 2.35. The van der Waals surface area contributed by atoms with Crippen molar-refractivity contribution >= 4 is 23.2 Å². The summed E-state index contributed by atoms with van der Waals surface area (Å²) in [6, 6.07) is 13.9. The molecule has 4 heteroatoms. The number of aryl methyl sites for hydroxylation is 2. The Kier molecular flexibility index (Phi) is 5.12. The van der Waals surface area contributed by atoms with Crippen molar-refractivity contribution in [3.05, 3.63) is 59.2 Å². The Balaban J connectivity index is 1.77. The molecule has 26 heavy (non-hydrogen) atoms. The predicted octanol–water partition coefficient (Wildman–Crippen LogP) is 4.42. The van der Waals surface area contributed by atoms with Gasteiger partial charge >= 0.3 is 0 Å². The number of amides is 2. The van der Waals surface area contributed by atoms with Crippen LogP contribution in [0.1, 0.15) is 42.9 Å². The molecule has 0 aromatic heterocycles. The predicted molar refractivity (Wildman–Crippen MR) is 106 cm³/mol. The molecule has 1 atom stereocenters. The van der Waals surface area contributed by atoms with Crippen LogP contribution in [-0.2, 0) is 9.59 Å². The molecule has 0 radical (unpaired) electrons. The van der Waals surface area contributed by atoms with Crippen molar-refractivity contribution in [2.45, 2.75) is 40.0 Å². The number of benzene rings is 2. The third-order valence-electron chi connectivity index (χ3n) is 4.99. The Hall–Kier alpha value is -2.62. The van der Waals surface area contributed by atoms with Crippen LogP contribution in [0.15, 0.2) is 42.5 Å². The van der Waals surface area contributed by atoms with Crippen molar-refractivity contribution in [1.82, 2.24) is 0 Å². The van der Waals surface area contributed by atoms with Gasteiger partial charge in [-0.2, -0.15) is 0 Å². The number of carbonyl (C=O) groups is 2. The average Bonchev–Trinajstić information content (AvgIpc) is 2.99. The molecule has 1 aliphatic heterocycles. The third kappa shape index (κ3) is 3.64. The van der Waals surface area contributed by atoms with Gasteiger partial charge in [-0.15, -0.1) is 0 Å². The summed E-state index contributed by atoms with van der Waals surface area (Å²) >= 11 is 0. The second-order valence-electron chi connectivity index (χ2n) is 7.43. The van der Waals surface area contributed by atoms with Gasteiger partial charge in [-0.25, -0.2) is 0 Å². The molecule has 1 heterocycles. The zero-order valence-corrected chi connectivity index (χ0v) is 15.9. The summed E-state index contributed by atoms with van der Waals surface area (Å²) < 4.78 is 0. The van der Waals surface area contributed by atoms with Crippen molar-refractivity contribution in [1.29, 1.82) is 0 Å². The van der Waals surface area contributed by atoms with E-state index in [0.717, 1.165) is 28.1 Å². The molecule has 1 saturated heterocycles. The minimum atomic E-state index is -0.331. The number of nitrogens with zero attached hydrogens (tertiary/aromatic N) is 1. The van der Waals surface area contributed by atoms with Crippen LogP contribution in [-0.4, -0.2) is 18.4 Å². The van der Waals surface area contributed by atoms with E-state index < -0.39 is 0 Å². The van der Waals surface area contributed by atoms with E-state index in [-0.39, 0.29) is 24.2 Å². The first-order valence-electron chi connectivity index (χ1n) is 9.14. The first-order chi connectivity index (χ1) is 12.4. The lowest BCUT2D eigenvalue weighted by Gasteiger charge is -2.20. The molecule has 0 bridgehead atoms. The average molecular weight is 350 g/mol. The summed E-state index contributed by atoms with van der Waals surface area (Å²) in [7, 11) is 0. The fourth-order valence-corrected chi connectivity index (χ4v) is 3.48. The molecule has 2 aromatic carbocycles. The van der Waals surface area contributed by atoms with Gasteiger partial charge in [0.2, 0.25) is 11.8 Å². The van der Waals surface area contributed by atoms with Crippen LogP contribution < -0.4 is 10.2 Å². The van der Waals surface area contributed by atoms with Crippen molar-refractivity contribution in [2.24, 2.45) is 5.92 Å². The monoisotopic (exact) mass is 350 g/mol. The number of hydrogen-bond donors (Lipinski definition) is 1. The minimum absolute atomic E-state index is 0.0102. The lowest BCUT2D eigenvalue weighted by atomic mass is 10.0. The maximum absolute atomic E-state index is 12.8. The lowest BCUT2D eigenvalue weighted by Crippen LogP contribution is -2.28. The number of carbonyl (C=O) groups excluding carboxylic acids is 2. The minimum Gasteiger partial charge on any atom is -0.326 e. The largest absolute Gasteiger partial charge is 0.326 e. The van der Waals surface area contributed by atoms with Crippen LogP contribution in [0, 0.1) is 19.8 Å². The Labute approximate surface area is 155 Å². The van der Waals surface area contributed by atoms with Crippen LogP contribution in [0.25, 0.3) is 0 Å². The molecule has 0 saturated carbocycles. The zero-order valence-electron chi connectivity index (χ0n) is 15.9. The first-order valence-corrected chi connectivity index (χ1v) is 9.14. The molecule has 2 aromatic rings. The molecular weight excluding hydrogens is 324 g/mol. The molecule has 2 amide bonds. The van der Waals surface area contributed by atoms with Crippen LogP contribution in [0.5, 0.6) is 0 Å². The zero-order chi connectivity index (χ0) is 18.8. The highest BCUT2D eigenvalue weighted by atomic mass is 16.2. The maximum Gasteiger partial charge on any atom is 0.229 e. The van der Waals surface area contributed by atoms with E-state index in [4.69, 9.17) is 0 Å². The SMILES string of the molecule is Cc1ccc(C)c(N2CC(C(=O)Nc3ccccc3C(C)C)CC2=O)c1. The second kappa shape index (κ2) is 7.32. The first kappa shape index (κ1) is 18.2. The van der Waals surface area contributed by atoms with E-state index in [0.29, 0.717) is 12.5 Å². The number of rotatable bonds is 4. The summed E-state index contributed by atoms with van der Waals surface area (Å²) in [5.74, 6) is -0.0824. The molecule has 0 spiro atoms. The fourth-order valence-electron chi connectivity index (χ4n) is 3.48. The summed E-state index contributed by atoms with van der Waals surface area (Å²) in [6.45, 7) is 8.64. The quantitative estimate of drug-likeness (QED) is 0.887. The van der Waals surface area contributed by atoms with Crippen LogP contribution in [0.4, 0.5) is 11.4 Å². The number of para-hydroxylation sites is 1. The van der Waals surface area contributed by atoms with Gasteiger partial charge in [0.15, 0.2) is 0 Å². The summed E-state index contributed by atoms with van der Waals surface area (Å²) in [6.07, 6.45) is 0.253. The van der Waals surface area contributed by atoms with Gasteiger partial charge in [-0.1, -0.05) is 44.2 Å². The fraction of sp³-hybridized carbons (Fsp3) is 0.364. The van der Waals surface area contributed by atoms with Crippen LogP contribution in [0.2, 0.25) is 0 Å². The van der Waals surface area contributed by atoms with Gasteiger partial charge in [0.25, 0.3) is 0 Å². The van der Waals surface area contributed by atoms with E-state index in [9.17, 15) is 9.59 Å². The van der Waals surface area contributed by atoms with E-state index in [1.165, 1.54) is 0 Å². The van der Waals surface area contributed by atoms with Crippen LogP contribution >= 0.6 is 0 Å². The topological polar surface area (TPSA) is 49.4 Å². The molecular formula is C22H26N2O2. The molecule has 1 N–H and O–H groups in total. The highest BCUT2D eigenvalue weighted by molar-refractivity contribution is 6.04. The smallest absolute Gasteiger partial charge is 0.229 e. The van der Waals surface area contributed by atoms with Gasteiger partial charge in [-0.05, 0) is 48.6 Å². The molecule has 0 aliphatic carbocycles. The molecule has 3 rings (SSSR count). The summed E-state index contributed by atoms with van der Waals surface area (Å²) in [5, 5.41) is 3.03. The van der Waals surface area contributed by atoms with E-state index in [1.54, 1.807) is 4.90 Å². The Morgan fingerprint density at radius 2 is 1.88 bits per heavy atom. The second-order valence-corrected chi connectivity index (χ2v) is 7.43. The third-order valence-corrected chi connectivity index (χ3v) is 4.99.